The number of oxazole rings is 1. The molecule has 6 heteroatoms. The van der Waals surface area contributed by atoms with E-state index in [9.17, 15) is 4.79 Å². The van der Waals surface area contributed by atoms with Gasteiger partial charge in [-0.25, -0.2) is 4.98 Å². The number of hydrogen-bond donors (Lipinski definition) is 1. The summed E-state index contributed by atoms with van der Waals surface area (Å²) in [6, 6.07) is 13.0. The molecule has 1 amide bonds. The molecular weight excluding hydrogens is 352 g/mol. The van der Waals surface area contributed by atoms with Gasteiger partial charge in [-0.3, -0.25) is 4.79 Å². The van der Waals surface area contributed by atoms with Crippen molar-refractivity contribution in [3.63, 3.8) is 0 Å². The molecule has 0 unspecified atom stereocenters. The molecule has 3 aromatic rings. The highest BCUT2D eigenvalue weighted by Gasteiger charge is 2.12. The average molecular weight is 371 g/mol. The Kier molecular flexibility index (Phi) is 5.58. The molecule has 1 heterocycles. The van der Waals surface area contributed by atoms with Crippen molar-refractivity contribution in [2.75, 3.05) is 12.4 Å². The second-order valence-electron chi connectivity index (χ2n) is 5.85. The van der Waals surface area contributed by atoms with Crippen LogP contribution in [-0.4, -0.2) is 18.0 Å². The summed E-state index contributed by atoms with van der Waals surface area (Å²) in [4.78, 5) is 16.5. The highest BCUT2D eigenvalue weighted by atomic mass is 35.5. The number of methoxy groups -OCH3 is 1. The van der Waals surface area contributed by atoms with Crippen LogP contribution in [0.3, 0.4) is 0 Å². The van der Waals surface area contributed by atoms with Crippen molar-refractivity contribution < 1.29 is 13.9 Å². The van der Waals surface area contributed by atoms with Crippen LogP contribution < -0.4 is 10.1 Å². The first-order valence-electron chi connectivity index (χ1n) is 8.21. The fourth-order valence-electron chi connectivity index (χ4n) is 2.56. The maximum absolute atomic E-state index is 12.2. The predicted molar refractivity (Wildman–Crippen MR) is 102 cm³/mol. The van der Waals surface area contributed by atoms with E-state index >= 15 is 0 Å². The smallest absolute Gasteiger partial charge is 0.224 e. The molecule has 3 rings (SSSR count). The SMILES string of the molecule is COc1ccc(C)cc1NC(=O)CCc1ncc(-c2ccccc2Cl)o1. The Morgan fingerprint density at radius 2 is 2.08 bits per heavy atom. The number of halogens is 1. The maximum atomic E-state index is 12.2. The first-order chi connectivity index (χ1) is 12.6. The molecular formula is C20H19ClN2O3. The van der Waals surface area contributed by atoms with Gasteiger partial charge in [-0.05, 0) is 36.8 Å². The second kappa shape index (κ2) is 8.06. The van der Waals surface area contributed by atoms with Gasteiger partial charge >= 0.3 is 0 Å². The van der Waals surface area contributed by atoms with E-state index in [0.29, 0.717) is 34.5 Å². The van der Waals surface area contributed by atoms with Gasteiger partial charge in [-0.2, -0.15) is 0 Å². The Hall–Kier alpha value is -2.79. The van der Waals surface area contributed by atoms with Crippen LogP contribution in [0.5, 0.6) is 5.75 Å². The van der Waals surface area contributed by atoms with Crippen molar-refractivity contribution in [1.82, 2.24) is 4.98 Å². The molecule has 0 spiro atoms. The van der Waals surface area contributed by atoms with Crippen molar-refractivity contribution in [2.45, 2.75) is 19.8 Å². The number of benzene rings is 2. The predicted octanol–water partition coefficient (Wildman–Crippen LogP) is 4.88. The second-order valence-corrected chi connectivity index (χ2v) is 6.26. The van der Waals surface area contributed by atoms with Crippen LogP contribution in [0.2, 0.25) is 5.02 Å². The third-order valence-corrected chi connectivity index (χ3v) is 4.22. The number of anilines is 1. The summed E-state index contributed by atoms with van der Waals surface area (Å²) in [5, 5.41) is 3.46. The number of carbonyl (C=O) groups excluding carboxylic acids is 1. The largest absolute Gasteiger partial charge is 0.495 e. The zero-order valence-corrected chi connectivity index (χ0v) is 15.3. The van der Waals surface area contributed by atoms with Gasteiger partial charge in [0, 0.05) is 18.4 Å². The lowest BCUT2D eigenvalue weighted by Crippen LogP contribution is -2.13. The number of nitrogens with zero attached hydrogens (tertiary/aromatic N) is 1. The summed E-state index contributed by atoms with van der Waals surface area (Å²) in [5.41, 5.74) is 2.47. The van der Waals surface area contributed by atoms with E-state index in [2.05, 4.69) is 10.3 Å². The number of carbonyl (C=O) groups is 1. The summed E-state index contributed by atoms with van der Waals surface area (Å²) in [7, 11) is 1.57. The molecule has 2 aromatic carbocycles. The van der Waals surface area contributed by atoms with Crippen molar-refractivity contribution in [2.24, 2.45) is 0 Å². The van der Waals surface area contributed by atoms with Crippen LogP contribution in [0.25, 0.3) is 11.3 Å². The average Bonchev–Trinajstić information content (AvgIpc) is 3.09. The van der Waals surface area contributed by atoms with Gasteiger partial charge in [0.05, 0.1) is 24.0 Å². The molecule has 26 heavy (non-hydrogen) atoms. The van der Waals surface area contributed by atoms with Crippen molar-refractivity contribution in [1.29, 1.82) is 0 Å². The van der Waals surface area contributed by atoms with Gasteiger partial charge in [0.25, 0.3) is 0 Å². The van der Waals surface area contributed by atoms with Crippen LogP contribution >= 0.6 is 11.6 Å². The monoisotopic (exact) mass is 370 g/mol. The molecule has 0 saturated heterocycles. The van der Waals surface area contributed by atoms with E-state index < -0.39 is 0 Å². The van der Waals surface area contributed by atoms with E-state index in [1.54, 1.807) is 19.4 Å². The fourth-order valence-corrected chi connectivity index (χ4v) is 2.79. The Morgan fingerprint density at radius 1 is 1.27 bits per heavy atom. The van der Waals surface area contributed by atoms with E-state index in [-0.39, 0.29) is 12.3 Å². The summed E-state index contributed by atoms with van der Waals surface area (Å²) in [6.45, 7) is 1.96. The summed E-state index contributed by atoms with van der Waals surface area (Å²) >= 11 is 6.16. The number of hydrogen-bond acceptors (Lipinski definition) is 4. The maximum Gasteiger partial charge on any atom is 0.224 e. The van der Waals surface area contributed by atoms with Gasteiger partial charge in [-0.15, -0.1) is 0 Å². The topological polar surface area (TPSA) is 64.4 Å². The Labute approximate surface area is 157 Å². The van der Waals surface area contributed by atoms with Crippen LogP contribution in [0.15, 0.2) is 53.1 Å². The first-order valence-corrected chi connectivity index (χ1v) is 8.58. The quantitative estimate of drug-likeness (QED) is 0.671. The Bertz CT molecular complexity index is 921. The lowest BCUT2D eigenvalue weighted by atomic mass is 10.2. The third kappa shape index (κ3) is 4.24. The minimum Gasteiger partial charge on any atom is -0.495 e. The van der Waals surface area contributed by atoms with Gasteiger partial charge in [-0.1, -0.05) is 29.8 Å². The lowest BCUT2D eigenvalue weighted by Gasteiger charge is -2.10. The number of nitrogens with one attached hydrogen (secondary N) is 1. The Balaban J connectivity index is 1.62. The minimum atomic E-state index is -0.133. The molecule has 0 aliphatic heterocycles. The van der Waals surface area contributed by atoms with E-state index in [4.69, 9.17) is 20.8 Å². The van der Waals surface area contributed by atoms with Gasteiger partial charge < -0.3 is 14.5 Å². The first kappa shape index (κ1) is 18.0. The van der Waals surface area contributed by atoms with Crippen molar-refractivity contribution in [3.8, 4) is 17.1 Å². The molecule has 5 nitrogen and oxygen atoms in total. The summed E-state index contributed by atoms with van der Waals surface area (Å²) in [5.74, 6) is 1.57. The summed E-state index contributed by atoms with van der Waals surface area (Å²) < 4.78 is 11.0. The molecule has 134 valence electrons. The zero-order valence-electron chi connectivity index (χ0n) is 14.6. The zero-order chi connectivity index (χ0) is 18.5. The molecule has 0 atom stereocenters. The van der Waals surface area contributed by atoms with Crippen LogP contribution in [0.4, 0.5) is 5.69 Å². The molecule has 1 N–H and O–H groups in total. The number of aryl methyl sites for hydroxylation is 2. The number of aromatic nitrogens is 1. The molecule has 0 radical (unpaired) electrons. The molecule has 0 bridgehead atoms. The third-order valence-electron chi connectivity index (χ3n) is 3.89. The van der Waals surface area contributed by atoms with E-state index in [0.717, 1.165) is 11.1 Å². The van der Waals surface area contributed by atoms with Crippen molar-refractivity contribution in [3.05, 3.63) is 65.1 Å². The molecule has 1 aromatic heterocycles. The van der Waals surface area contributed by atoms with Gasteiger partial charge in [0.15, 0.2) is 11.7 Å². The van der Waals surface area contributed by atoms with Gasteiger partial charge in [0.1, 0.15) is 5.75 Å². The fraction of sp³-hybridized carbons (Fsp3) is 0.200. The summed E-state index contributed by atoms with van der Waals surface area (Å²) in [6.07, 6.45) is 2.27. The van der Waals surface area contributed by atoms with Crippen LogP contribution in [-0.2, 0) is 11.2 Å². The van der Waals surface area contributed by atoms with E-state index in [1.807, 2.05) is 43.3 Å². The molecule has 0 aliphatic rings. The number of ether oxygens (including phenoxy) is 1. The molecule has 0 fully saturated rings. The molecule has 0 aliphatic carbocycles. The minimum absolute atomic E-state index is 0.133. The van der Waals surface area contributed by atoms with Crippen LogP contribution in [0, 0.1) is 6.92 Å². The Morgan fingerprint density at radius 3 is 2.85 bits per heavy atom. The van der Waals surface area contributed by atoms with E-state index in [1.165, 1.54) is 0 Å². The van der Waals surface area contributed by atoms with Gasteiger partial charge in [0.2, 0.25) is 5.91 Å². The normalized spacial score (nSPS) is 10.6. The number of rotatable bonds is 6. The highest BCUT2D eigenvalue weighted by molar-refractivity contribution is 6.33. The van der Waals surface area contributed by atoms with Crippen molar-refractivity contribution >= 4 is 23.2 Å². The standard InChI is InChI=1S/C20H19ClN2O3/c1-13-7-8-17(25-2)16(11-13)23-19(24)9-10-20-22-12-18(26-20)14-5-3-4-6-15(14)21/h3-8,11-12H,9-10H2,1-2H3,(H,23,24). The lowest BCUT2D eigenvalue weighted by molar-refractivity contribution is -0.116. The van der Waals surface area contributed by atoms with Crippen LogP contribution in [0.1, 0.15) is 17.9 Å². The highest BCUT2D eigenvalue weighted by Crippen LogP contribution is 2.28. The molecule has 0 saturated carbocycles. The number of amides is 1.